The highest BCUT2D eigenvalue weighted by atomic mass is 16.5. The molecule has 1 saturated carbocycles. The summed E-state index contributed by atoms with van der Waals surface area (Å²) < 4.78 is 5.01. The van der Waals surface area contributed by atoms with Gasteiger partial charge in [0.25, 0.3) is 0 Å². The first-order valence-electron chi connectivity index (χ1n) is 4.90. The van der Waals surface area contributed by atoms with Crippen LogP contribution >= 0.6 is 0 Å². The molecule has 4 heteroatoms. The summed E-state index contributed by atoms with van der Waals surface area (Å²) >= 11 is 0. The fourth-order valence-corrected chi connectivity index (χ4v) is 1.70. The van der Waals surface area contributed by atoms with E-state index in [4.69, 9.17) is 10.5 Å². The van der Waals surface area contributed by atoms with Crippen molar-refractivity contribution in [1.82, 2.24) is 9.97 Å². The van der Waals surface area contributed by atoms with Crippen LogP contribution in [0.2, 0.25) is 0 Å². The largest absolute Gasteiger partial charge is 0.467 e. The number of nitrogens with two attached hydrogens (primary N) is 1. The van der Waals surface area contributed by atoms with Gasteiger partial charge in [-0.25, -0.2) is 0 Å². The zero-order chi connectivity index (χ0) is 10.1. The van der Waals surface area contributed by atoms with Crippen molar-refractivity contribution in [3.8, 4) is 6.01 Å². The van der Waals surface area contributed by atoms with Crippen LogP contribution in [-0.2, 0) is 0 Å². The second kappa shape index (κ2) is 3.44. The van der Waals surface area contributed by atoms with Gasteiger partial charge in [-0.15, -0.1) is 0 Å². The Kier molecular flexibility index (Phi) is 2.27. The highest BCUT2D eigenvalue weighted by Crippen LogP contribution is 2.38. The summed E-state index contributed by atoms with van der Waals surface area (Å²) in [6.07, 6.45) is 3.71. The van der Waals surface area contributed by atoms with Gasteiger partial charge >= 0.3 is 6.01 Å². The van der Waals surface area contributed by atoms with Crippen molar-refractivity contribution in [1.29, 1.82) is 0 Å². The number of methoxy groups -OCH3 is 1. The lowest BCUT2D eigenvalue weighted by Gasteiger charge is -2.26. The number of anilines is 1. The standard InChI is InChI=1S/C10H15N3O/c1-6-8(7-4-3-5-7)12-10(14-2)13-9(6)11/h7H,3-5H2,1-2H3,(H2,11,12,13). The predicted molar refractivity (Wildman–Crippen MR) is 54.3 cm³/mol. The minimum absolute atomic E-state index is 0.384. The summed E-state index contributed by atoms with van der Waals surface area (Å²) in [4.78, 5) is 8.40. The molecule has 0 aliphatic heterocycles. The molecule has 0 radical (unpaired) electrons. The van der Waals surface area contributed by atoms with Gasteiger partial charge in [-0.1, -0.05) is 6.42 Å². The van der Waals surface area contributed by atoms with Crippen molar-refractivity contribution in [2.45, 2.75) is 32.1 Å². The molecule has 2 rings (SSSR count). The normalized spacial score (nSPS) is 16.4. The molecule has 76 valence electrons. The first kappa shape index (κ1) is 9.24. The summed E-state index contributed by atoms with van der Waals surface area (Å²) in [5.74, 6) is 1.10. The minimum atomic E-state index is 0.384. The fourth-order valence-electron chi connectivity index (χ4n) is 1.70. The molecule has 0 amide bonds. The lowest BCUT2D eigenvalue weighted by atomic mass is 9.81. The molecule has 1 fully saturated rings. The van der Waals surface area contributed by atoms with Crippen molar-refractivity contribution in [2.75, 3.05) is 12.8 Å². The summed E-state index contributed by atoms with van der Waals surface area (Å²) in [6, 6.07) is 0.384. The van der Waals surface area contributed by atoms with Crippen LogP contribution < -0.4 is 10.5 Å². The van der Waals surface area contributed by atoms with E-state index in [1.807, 2.05) is 6.92 Å². The molecule has 1 aromatic heterocycles. The molecule has 14 heavy (non-hydrogen) atoms. The van der Waals surface area contributed by atoms with Crippen molar-refractivity contribution in [3.05, 3.63) is 11.3 Å². The molecule has 1 aliphatic rings. The average molecular weight is 193 g/mol. The molecule has 4 nitrogen and oxygen atoms in total. The Morgan fingerprint density at radius 1 is 1.36 bits per heavy atom. The van der Waals surface area contributed by atoms with E-state index >= 15 is 0 Å². The van der Waals surface area contributed by atoms with Crippen LogP contribution in [0.25, 0.3) is 0 Å². The van der Waals surface area contributed by atoms with Gasteiger partial charge < -0.3 is 10.5 Å². The number of rotatable bonds is 2. The van der Waals surface area contributed by atoms with Gasteiger partial charge in [-0.2, -0.15) is 9.97 Å². The van der Waals surface area contributed by atoms with E-state index in [0.29, 0.717) is 17.7 Å². The zero-order valence-electron chi connectivity index (χ0n) is 8.58. The van der Waals surface area contributed by atoms with E-state index in [0.717, 1.165) is 11.3 Å². The Morgan fingerprint density at radius 2 is 2.07 bits per heavy atom. The van der Waals surface area contributed by atoms with Crippen molar-refractivity contribution < 1.29 is 4.74 Å². The monoisotopic (exact) mass is 193 g/mol. The lowest BCUT2D eigenvalue weighted by molar-refractivity contribution is 0.364. The average Bonchev–Trinajstić information content (AvgIpc) is 2.09. The molecule has 0 bridgehead atoms. The van der Waals surface area contributed by atoms with Gasteiger partial charge in [0.1, 0.15) is 5.82 Å². The maximum atomic E-state index is 5.78. The van der Waals surface area contributed by atoms with Crippen molar-refractivity contribution in [3.63, 3.8) is 0 Å². The smallest absolute Gasteiger partial charge is 0.318 e. The molecule has 0 saturated heterocycles. The molecule has 0 aromatic carbocycles. The topological polar surface area (TPSA) is 61.0 Å². The van der Waals surface area contributed by atoms with Gasteiger partial charge in [0.15, 0.2) is 0 Å². The van der Waals surface area contributed by atoms with Crippen LogP contribution in [-0.4, -0.2) is 17.1 Å². The molecular formula is C10H15N3O. The van der Waals surface area contributed by atoms with E-state index in [9.17, 15) is 0 Å². The number of ether oxygens (including phenoxy) is 1. The molecule has 1 heterocycles. The van der Waals surface area contributed by atoms with Crippen LogP contribution in [0.3, 0.4) is 0 Å². The van der Waals surface area contributed by atoms with E-state index in [2.05, 4.69) is 9.97 Å². The summed E-state index contributed by atoms with van der Waals surface area (Å²) in [5, 5.41) is 0. The second-order valence-electron chi connectivity index (χ2n) is 3.73. The number of hydrogen-bond donors (Lipinski definition) is 1. The third-order valence-electron chi connectivity index (χ3n) is 2.88. The molecule has 0 unspecified atom stereocenters. The SMILES string of the molecule is COc1nc(N)c(C)c(C2CCC2)n1. The highest BCUT2D eigenvalue weighted by Gasteiger charge is 2.24. The molecule has 0 spiro atoms. The Hall–Kier alpha value is -1.32. The van der Waals surface area contributed by atoms with Crippen LogP contribution in [0.1, 0.15) is 36.4 Å². The number of nitrogen functional groups attached to an aromatic ring is 1. The first-order valence-corrected chi connectivity index (χ1v) is 4.90. The Morgan fingerprint density at radius 3 is 2.57 bits per heavy atom. The van der Waals surface area contributed by atoms with Gasteiger partial charge in [-0.05, 0) is 19.8 Å². The molecule has 1 aromatic rings. The maximum Gasteiger partial charge on any atom is 0.318 e. The van der Waals surface area contributed by atoms with Crippen LogP contribution in [0, 0.1) is 6.92 Å². The quantitative estimate of drug-likeness (QED) is 0.775. The Bertz CT molecular complexity index is 347. The first-order chi connectivity index (χ1) is 6.72. The van der Waals surface area contributed by atoms with Crippen molar-refractivity contribution in [2.24, 2.45) is 0 Å². The third-order valence-corrected chi connectivity index (χ3v) is 2.88. The zero-order valence-corrected chi connectivity index (χ0v) is 8.58. The molecule has 0 atom stereocenters. The fraction of sp³-hybridized carbons (Fsp3) is 0.600. The summed E-state index contributed by atoms with van der Waals surface area (Å²) in [6.45, 7) is 1.97. The lowest BCUT2D eigenvalue weighted by Crippen LogP contribution is -2.15. The summed E-state index contributed by atoms with van der Waals surface area (Å²) in [7, 11) is 1.56. The van der Waals surface area contributed by atoms with E-state index in [1.54, 1.807) is 7.11 Å². The van der Waals surface area contributed by atoms with Gasteiger partial charge in [0, 0.05) is 11.5 Å². The predicted octanol–water partition coefficient (Wildman–Crippen LogP) is 1.64. The Labute approximate surface area is 83.5 Å². The van der Waals surface area contributed by atoms with Gasteiger partial charge in [-0.3, -0.25) is 0 Å². The van der Waals surface area contributed by atoms with E-state index in [1.165, 1.54) is 19.3 Å². The number of aromatic nitrogens is 2. The van der Waals surface area contributed by atoms with Gasteiger partial charge in [0.05, 0.1) is 12.8 Å². The third kappa shape index (κ3) is 1.41. The van der Waals surface area contributed by atoms with Crippen molar-refractivity contribution >= 4 is 5.82 Å². The Balaban J connectivity index is 2.40. The minimum Gasteiger partial charge on any atom is -0.467 e. The van der Waals surface area contributed by atoms with Gasteiger partial charge in [0.2, 0.25) is 0 Å². The van der Waals surface area contributed by atoms with E-state index in [-0.39, 0.29) is 0 Å². The second-order valence-corrected chi connectivity index (χ2v) is 3.73. The van der Waals surface area contributed by atoms with Crippen LogP contribution in [0.15, 0.2) is 0 Å². The van der Waals surface area contributed by atoms with E-state index < -0.39 is 0 Å². The molecular weight excluding hydrogens is 178 g/mol. The van der Waals surface area contributed by atoms with Crippen LogP contribution in [0.5, 0.6) is 6.01 Å². The highest BCUT2D eigenvalue weighted by molar-refractivity contribution is 5.43. The molecule has 1 aliphatic carbocycles. The number of hydrogen-bond acceptors (Lipinski definition) is 4. The number of nitrogens with zero attached hydrogens (tertiary/aromatic N) is 2. The summed E-state index contributed by atoms with van der Waals surface area (Å²) in [5.41, 5.74) is 7.86. The molecule has 2 N–H and O–H groups in total. The maximum absolute atomic E-state index is 5.78. The van der Waals surface area contributed by atoms with Crippen LogP contribution in [0.4, 0.5) is 5.82 Å².